The fourth-order valence-electron chi connectivity index (χ4n) is 1.73. The molecule has 2 rings (SSSR count). The minimum atomic E-state index is 0.474. The summed E-state index contributed by atoms with van der Waals surface area (Å²) >= 11 is 1.76. The average molecular weight is 211 g/mol. The highest BCUT2D eigenvalue weighted by molar-refractivity contribution is 7.07. The molecule has 0 amide bonds. The second kappa shape index (κ2) is 4.91. The molecule has 0 spiro atoms. The Hall–Kier alpha value is -0.380. The lowest BCUT2D eigenvalue weighted by Crippen LogP contribution is -2.25. The Morgan fingerprint density at radius 3 is 3.29 bits per heavy atom. The lowest BCUT2D eigenvalue weighted by Gasteiger charge is -2.15. The van der Waals surface area contributed by atoms with Crippen molar-refractivity contribution in [2.24, 2.45) is 5.92 Å². The number of thiophene rings is 1. The summed E-state index contributed by atoms with van der Waals surface area (Å²) in [6.45, 7) is 5.18. The zero-order chi connectivity index (χ0) is 9.80. The normalized spacial score (nSPS) is 23.9. The van der Waals surface area contributed by atoms with Crippen molar-refractivity contribution < 1.29 is 4.74 Å². The fraction of sp³-hybridized carbons (Fsp3) is 0.636. The first kappa shape index (κ1) is 10.1. The predicted molar refractivity (Wildman–Crippen MR) is 59.7 cm³/mol. The van der Waals surface area contributed by atoms with Gasteiger partial charge in [0.2, 0.25) is 0 Å². The van der Waals surface area contributed by atoms with Gasteiger partial charge in [-0.3, -0.25) is 0 Å². The van der Waals surface area contributed by atoms with Gasteiger partial charge in [0.05, 0.1) is 6.61 Å². The van der Waals surface area contributed by atoms with Crippen LogP contribution in [0, 0.1) is 5.92 Å². The molecule has 78 valence electrons. The molecule has 0 radical (unpaired) electrons. The maximum atomic E-state index is 5.34. The molecule has 2 atom stereocenters. The van der Waals surface area contributed by atoms with Gasteiger partial charge in [0.15, 0.2) is 0 Å². The molecular weight excluding hydrogens is 194 g/mol. The first-order valence-corrected chi connectivity index (χ1v) is 6.14. The summed E-state index contributed by atoms with van der Waals surface area (Å²) in [4.78, 5) is 0. The van der Waals surface area contributed by atoms with Crippen LogP contribution in [0.4, 0.5) is 0 Å². The molecule has 0 aromatic carbocycles. The molecule has 1 aliphatic heterocycles. The van der Waals surface area contributed by atoms with Crippen LogP contribution in [0.25, 0.3) is 0 Å². The highest BCUT2D eigenvalue weighted by Gasteiger charge is 2.16. The third-order valence-electron chi connectivity index (χ3n) is 2.78. The Labute approximate surface area is 89.3 Å². The van der Waals surface area contributed by atoms with Crippen LogP contribution in [0.2, 0.25) is 0 Å². The monoisotopic (exact) mass is 211 g/mol. The van der Waals surface area contributed by atoms with Crippen molar-refractivity contribution in [2.75, 3.05) is 19.8 Å². The summed E-state index contributed by atoms with van der Waals surface area (Å²) in [6.07, 6.45) is 1.21. The van der Waals surface area contributed by atoms with E-state index >= 15 is 0 Å². The number of rotatable bonds is 4. The van der Waals surface area contributed by atoms with Crippen LogP contribution in [0.1, 0.15) is 24.9 Å². The Bertz CT molecular complexity index is 254. The van der Waals surface area contributed by atoms with Crippen LogP contribution in [-0.2, 0) is 4.74 Å². The molecule has 1 saturated heterocycles. The molecule has 3 heteroatoms. The van der Waals surface area contributed by atoms with Gasteiger partial charge in [0.25, 0.3) is 0 Å². The zero-order valence-corrected chi connectivity index (χ0v) is 9.35. The molecule has 1 aromatic heterocycles. The van der Waals surface area contributed by atoms with Crippen molar-refractivity contribution in [2.45, 2.75) is 19.4 Å². The van der Waals surface area contributed by atoms with E-state index in [0.717, 1.165) is 25.7 Å². The molecule has 0 aliphatic carbocycles. The highest BCUT2D eigenvalue weighted by Crippen LogP contribution is 2.17. The summed E-state index contributed by atoms with van der Waals surface area (Å²) in [6, 6.07) is 2.66. The zero-order valence-electron chi connectivity index (χ0n) is 8.53. The second-order valence-electron chi connectivity index (χ2n) is 3.92. The predicted octanol–water partition coefficient (Wildman–Crippen LogP) is 2.44. The third kappa shape index (κ3) is 2.56. The van der Waals surface area contributed by atoms with Crippen molar-refractivity contribution in [3.8, 4) is 0 Å². The third-order valence-corrected chi connectivity index (χ3v) is 3.48. The summed E-state index contributed by atoms with van der Waals surface area (Å²) in [5.74, 6) is 0.719. The van der Waals surface area contributed by atoms with Crippen molar-refractivity contribution >= 4 is 11.3 Å². The number of ether oxygens (including phenoxy) is 1. The maximum Gasteiger partial charge on any atom is 0.0507 e. The first-order chi connectivity index (χ1) is 6.86. The van der Waals surface area contributed by atoms with Crippen LogP contribution in [-0.4, -0.2) is 19.8 Å². The van der Waals surface area contributed by atoms with E-state index in [0.29, 0.717) is 6.04 Å². The van der Waals surface area contributed by atoms with Crippen molar-refractivity contribution in [3.63, 3.8) is 0 Å². The number of hydrogen-bond donors (Lipinski definition) is 1. The minimum absolute atomic E-state index is 0.474. The molecule has 14 heavy (non-hydrogen) atoms. The maximum absolute atomic E-state index is 5.34. The van der Waals surface area contributed by atoms with Crippen LogP contribution in [0.15, 0.2) is 16.8 Å². The van der Waals surface area contributed by atoms with Gasteiger partial charge in [-0.15, -0.1) is 0 Å². The Morgan fingerprint density at radius 1 is 1.71 bits per heavy atom. The van der Waals surface area contributed by atoms with Gasteiger partial charge in [-0.05, 0) is 41.7 Å². The van der Waals surface area contributed by atoms with Crippen molar-refractivity contribution in [1.29, 1.82) is 0 Å². The van der Waals surface area contributed by atoms with Gasteiger partial charge in [-0.1, -0.05) is 0 Å². The van der Waals surface area contributed by atoms with Crippen molar-refractivity contribution in [3.05, 3.63) is 22.4 Å². The molecule has 2 heterocycles. The minimum Gasteiger partial charge on any atom is -0.381 e. The quantitative estimate of drug-likeness (QED) is 0.826. The van der Waals surface area contributed by atoms with Gasteiger partial charge in [0.1, 0.15) is 0 Å². The lowest BCUT2D eigenvalue weighted by atomic mass is 10.1. The average Bonchev–Trinajstić information content (AvgIpc) is 2.87. The molecule has 0 saturated carbocycles. The summed E-state index contributed by atoms with van der Waals surface area (Å²) in [5, 5.41) is 7.90. The van der Waals surface area contributed by atoms with Gasteiger partial charge in [-0.25, -0.2) is 0 Å². The van der Waals surface area contributed by atoms with E-state index in [-0.39, 0.29) is 0 Å². The molecule has 1 N–H and O–H groups in total. The standard InChI is InChI=1S/C11H17NOS/c1-9(11-3-5-14-8-11)12-6-10-2-4-13-7-10/h3,5,8-10,12H,2,4,6-7H2,1H3. The van der Waals surface area contributed by atoms with Gasteiger partial charge >= 0.3 is 0 Å². The molecule has 1 aromatic rings. The smallest absolute Gasteiger partial charge is 0.0507 e. The lowest BCUT2D eigenvalue weighted by molar-refractivity contribution is 0.184. The molecule has 0 bridgehead atoms. The molecule has 2 nitrogen and oxygen atoms in total. The van der Waals surface area contributed by atoms with Gasteiger partial charge in [0, 0.05) is 19.2 Å². The first-order valence-electron chi connectivity index (χ1n) is 5.19. The van der Waals surface area contributed by atoms with E-state index in [1.54, 1.807) is 11.3 Å². The molecule has 1 fully saturated rings. The van der Waals surface area contributed by atoms with E-state index in [1.807, 2.05) is 0 Å². The number of nitrogens with one attached hydrogen (secondary N) is 1. The van der Waals surface area contributed by atoms with Crippen LogP contribution >= 0.6 is 11.3 Å². The topological polar surface area (TPSA) is 21.3 Å². The van der Waals surface area contributed by atoms with Crippen LogP contribution in [0.3, 0.4) is 0 Å². The molecule has 2 unspecified atom stereocenters. The molecule has 1 aliphatic rings. The summed E-state index contributed by atoms with van der Waals surface area (Å²) < 4.78 is 5.34. The van der Waals surface area contributed by atoms with Gasteiger partial charge < -0.3 is 10.1 Å². The highest BCUT2D eigenvalue weighted by atomic mass is 32.1. The van der Waals surface area contributed by atoms with E-state index in [2.05, 4.69) is 29.1 Å². The Balaban J connectivity index is 1.74. The summed E-state index contributed by atoms with van der Waals surface area (Å²) in [5.41, 5.74) is 1.40. The fourth-order valence-corrected chi connectivity index (χ4v) is 2.48. The van der Waals surface area contributed by atoms with E-state index in [1.165, 1.54) is 12.0 Å². The van der Waals surface area contributed by atoms with Crippen LogP contribution < -0.4 is 5.32 Å². The second-order valence-corrected chi connectivity index (χ2v) is 4.70. The SMILES string of the molecule is CC(NCC1CCOC1)c1ccsc1. The van der Waals surface area contributed by atoms with E-state index < -0.39 is 0 Å². The summed E-state index contributed by atoms with van der Waals surface area (Å²) in [7, 11) is 0. The Morgan fingerprint density at radius 2 is 2.64 bits per heavy atom. The number of hydrogen-bond acceptors (Lipinski definition) is 3. The Kier molecular flexibility index (Phi) is 3.56. The molecular formula is C11H17NOS. The van der Waals surface area contributed by atoms with Crippen molar-refractivity contribution in [1.82, 2.24) is 5.32 Å². The van der Waals surface area contributed by atoms with Crippen LogP contribution in [0.5, 0.6) is 0 Å². The largest absolute Gasteiger partial charge is 0.381 e. The van der Waals surface area contributed by atoms with Gasteiger partial charge in [-0.2, -0.15) is 11.3 Å². The van der Waals surface area contributed by atoms with E-state index in [4.69, 9.17) is 4.74 Å². The van der Waals surface area contributed by atoms with E-state index in [9.17, 15) is 0 Å².